The number of nitrogens with one attached hydrogen (secondary N) is 1. The van der Waals surface area contributed by atoms with Crippen LogP contribution in [0.25, 0.3) is 0 Å². The van der Waals surface area contributed by atoms with Crippen molar-refractivity contribution in [2.75, 3.05) is 13.7 Å². The number of nitrogens with zero attached hydrogens (tertiary/aromatic N) is 3. The van der Waals surface area contributed by atoms with Crippen LogP contribution in [-0.4, -0.2) is 45.6 Å². The van der Waals surface area contributed by atoms with E-state index < -0.39 is 17.8 Å². The molecule has 1 atom stereocenters. The van der Waals surface area contributed by atoms with Gasteiger partial charge < -0.3 is 19.7 Å². The fourth-order valence-corrected chi connectivity index (χ4v) is 2.90. The highest BCUT2D eigenvalue weighted by Crippen LogP contribution is 2.21. The Morgan fingerprint density at radius 1 is 1.34 bits per heavy atom. The van der Waals surface area contributed by atoms with Crippen molar-refractivity contribution in [2.45, 2.75) is 19.9 Å². The van der Waals surface area contributed by atoms with Gasteiger partial charge in [-0.3, -0.25) is 14.3 Å². The standard InChI is InChI=1S/C20H22N4O5/c1-13-9-22-24(11-13)12-16-8-17(23-29-16)19(25)21-10-15(20(26)27)7-14-5-3-4-6-18(14)28-2/h3-6,8-9,11,15H,7,10,12H2,1-2H3,(H,21,25)(H,26,27). The molecule has 1 unspecified atom stereocenters. The summed E-state index contributed by atoms with van der Waals surface area (Å²) in [5.74, 6) is -1.23. The Hall–Kier alpha value is -3.62. The normalized spacial score (nSPS) is 11.8. The minimum Gasteiger partial charge on any atom is -0.496 e. The zero-order valence-electron chi connectivity index (χ0n) is 16.2. The van der Waals surface area contributed by atoms with Crippen molar-refractivity contribution < 1.29 is 24.0 Å². The molecule has 0 spiro atoms. The Morgan fingerprint density at radius 3 is 2.83 bits per heavy atom. The molecule has 9 nitrogen and oxygen atoms in total. The Labute approximate surface area is 167 Å². The third-order valence-electron chi connectivity index (χ3n) is 4.39. The lowest BCUT2D eigenvalue weighted by molar-refractivity contribution is -0.141. The number of amides is 1. The Kier molecular flexibility index (Phi) is 6.28. The van der Waals surface area contributed by atoms with Crippen molar-refractivity contribution >= 4 is 11.9 Å². The van der Waals surface area contributed by atoms with Crippen molar-refractivity contribution in [3.63, 3.8) is 0 Å². The monoisotopic (exact) mass is 398 g/mol. The summed E-state index contributed by atoms with van der Waals surface area (Å²) < 4.78 is 12.1. The van der Waals surface area contributed by atoms with Crippen LogP contribution < -0.4 is 10.1 Å². The first-order chi connectivity index (χ1) is 14.0. The number of aryl methyl sites for hydroxylation is 1. The molecule has 2 aromatic heterocycles. The van der Waals surface area contributed by atoms with E-state index in [0.29, 0.717) is 18.1 Å². The van der Waals surface area contributed by atoms with Crippen LogP contribution in [0.4, 0.5) is 0 Å². The van der Waals surface area contributed by atoms with E-state index in [1.807, 2.05) is 25.3 Å². The van der Waals surface area contributed by atoms with Gasteiger partial charge in [-0.15, -0.1) is 0 Å². The molecule has 3 aromatic rings. The molecule has 0 aliphatic rings. The molecule has 2 heterocycles. The zero-order chi connectivity index (χ0) is 20.8. The quantitative estimate of drug-likeness (QED) is 0.565. The number of carbonyl (C=O) groups excluding carboxylic acids is 1. The number of aromatic nitrogens is 3. The van der Waals surface area contributed by atoms with Crippen molar-refractivity contribution in [2.24, 2.45) is 5.92 Å². The van der Waals surface area contributed by atoms with Gasteiger partial charge in [0, 0.05) is 18.8 Å². The van der Waals surface area contributed by atoms with Gasteiger partial charge in [-0.05, 0) is 30.5 Å². The van der Waals surface area contributed by atoms with Crippen LogP contribution in [0, 0.1) is 12.8 Å². The number of carboxylic acid groups (broad SMARTS) is 1. The van der Waals surface area contributed by atoms with Crippen molar-refractivity contribution in [1.82, 2.24) is 20.3 Å². The fraction of sp³-hybridized carbons (Fsp3) is 0.300. The number of carboxylic acids is 1. The lowest BCUT2D eigenvalue weighted by Gasteiger charge is -2.15. The molecule has 0 saturated carbocycles. The SMILES string of the molecule is COc1ccccc1CC(CNC(=O)c1cc(Cn2cc(C)cn2)on1)C(=O)O. The minimum atomic E-state index is -1.01. The minimum absolute atomic E-state index is 0.0488. The van der Waals surface area contributed by atoms with Gasteiger partial charge >= 0.3 is 5.97 Å². The lowest BCUT2D eigenvalue weighted by Crippen LogP contribution is -2.34. The number of hydrogen-bond donors (Lipinski definition) is 2. The summed E-state index contributed by atoms with van der Waals surface area (Å²) in [7, 11) is 1.53. The van der Waals surface area contributed by atoms with Crippen LogP contribution in [0.2, 0.25) is 0 Å². The fourth-order valence-electron chi connectivity index (χ4n) is 2.90. The molecule has 0 aliphatic carbocycles. The van der Waals surface area contributed by atoms with E-state index >= 15 is 0 Å². The molecular weight excluding hydrogens is 376 g/mol. The van der Waals surface area contributed by atoms with Gasteiger partial charge in [0.05, 0.1) is 19.2 Å². The average molecular weight is 398 g/mol. The highest BCUT2D eigenvalue weighted by Gasteiger charge is 2.22. The van der Waals surface area contributed by atoms with Crippen LogP contribution in [0.1, 0.15) is 27.4 Å². The second kappa shape index (κ2) is 9.05. The Balaban J connectivity index is 1.60. The summed E-state index contributed by atoms with van der Waals surface area (Å²) in [6, 6.07) is 8.71. The Bertz CT molecular complexity index is 994. The second-order valence-corrected chi connectivity index (χ2v) is 6.65. The molecular formula is C20H22N4O5. The number of benzene rings is 1. The van der Waals surface area contributed by atoms with Gasteiger partial charge in [0.2, 0.25) is 0 Å². The first-order valence-electron chi connectivity index (χ1n) is 9.04. The number of para-hydroxylation sites is 1. The largest absolute Gasteiger partial charge is 0.496 e. The average Bonchev–Trinajstić information content (AvgIpc) is 3.34. The zero-order valence-corrected chi connectivity index (χ0v) is 16.2. The maximum Gasteiger partial charge on any atom is 0.308 e. The maximum absolute atomic E-state index is 12.3. The second-order valence-electron chi connectivity index (χ2n) is 6.65. The first kappa shape index (κ1) is 20.1. The predicted octanol–water partition coefficient (Wildman–Crippen LogP) is 1.91. The van der Waals surface area contributed by atoms with E-state index in [4.69, 9.17) is 9.26 Å². The maximum atomic E-state index is 12.3. The van der Waals surface area contributed by atoms with Crippen molar-refractivity contribution in [1.29, 1.82) is 0 Å². The summed E-state index contributed by atoms with van der Waals surface area (Å²) in [6.45, 7) is 2.22. The highest BCUT2D eigenvalue weighted by atomic mass is 16.5. The molecule has 1 aromatic carbocycles. The molecule has 0 aliphatic heterocycles. The molecule has 2 N–H and O–H groups in total. The van der Waals surface area contributed by atoms with Crippen molar-refractivity contribution in [3.05, 3.63) is 65.3 Å². The molecule has 3 rings (SSSR count). The summed E-state index contributed by atoms with van der Waals surface area (Å²) in [5.41, 5.74) is 1.86. The number of methoxy groups -OCH3 is 1. The predicted molar refractivity (Wildman–Crippen MR) is 103 cm³/mol. The molecule has 0 saturated heterocycles. The number of aliphatic carboxylic acids is 1. The van der Waals surface area contributed by atoms with Gasteiger partial charge in [0.1, 0.15) is 12.3 Å². The van der Waals surface area contributed by atoms with Crippen LogP contribution in [0.5, 0.6) is 5.75 Å². The molecule has 1 amide bonds. The van der Waals surface area contributed by atoms with Gasteiger partial charge in [0.25, 0.3) is 5.91 Å². The van der Waals surface area contributed by atoms with Crippen LogP contribution in [0.15, 0.2) is 47.2 Å². The van der Waals surface area contributed by atoms with Crippen LogP contribution in [-0.2, 0) is 17.8 Å². The smallest absolute Gasteiger partial charge is 0.308 e. The Morgan fingerprint density at radius 2 is 2.14 bits per heavy atom. The molecule has 29 heavy (non-hydrogen) atoms. The van der Waals surface area contributed by atoms with Crippen molar-refractivity contribution in [3.8, 4) is 5.75 Å². The summed E-state index contributed by atoms with van der Waals surface area (Å²) in [6.07, 6.45) is 3.79. The lowest BCUT2D eigenvalue weighted by atomic mass is 9.98. The van der Waals surface area contributed by atoms with E-state index in [-0.39, 0.29) is 18.7 Å². The van der Waals surface area contributed by atoms with E-state index in [1.54, 1.807) is 23.0 Å². The third kappa shape index (κ3) is 5.22. The van der Waals surface area contributed by atoms with E-state index in [2.05, 4.69) is 15.6 Å². The van der Waals surface area contributed by atoms with Crippen LogP contribution >= 0.6 is 0 Å². The van der Waals surface area contributed by atoms with Gasteiger partial charge in [-0.25, -0.2) is 0 Å². The third-order valence-corrected chi connectivity index (χ3v) is 4.39. The molecule has 9 heteroatoms. The topological polar surface area (TPSA) is 119 Å². The van der Waals surface area contributed by atoms with E-state index in [0.717, 1.165) is 11.1 Å². The van der Waals surface area contributed by atoms with E-state index in [1.165, 1.54) is 13.2 Å². The summed E-state index contributed by atoms with van der Waals surface area (Å²) >= 11 is 0. The number of rotatable bonds is 9. The molecule has 0 radical (unpaired) electrons. The number of hydrogen-bond acceptors (Lipinski definition) is 6. The van der Waals surface area contributed by atoms with Gasteiger partial charge in [-0.2, -0.15) is 5.10 Å². The first-order valence-corrected chi connectivity index (χ1v) is 9.04. The summed E-state index contributed by atoms with van der Waals surface area (Å²) in [5, 5.41) is 20.0. The van der Waals surface area contributed by atoms with E-state index in [9.17, 15) is 14.7 Å². The summed E-state index contributed by atoms with van der Waals surface area (Å²) in [4.78, 5) is 24.0. The van der Waals surface area contributed by atoms with Gasteiger partial charge in [0.15, 0.2) is 11.5 Å². The van der Waals surface area contributed by atoms with Gasteiger partial charge in [-0.1, -0.05) is 23.4 Å². The number of ether oxygens (including phenoxy) is 1. The highest BCUT2D eigenvalue weighted by molar-refractivity contribution is 5.92. The molecule has 0 bridgehead atoms. The van der Waals surface area contributed by atoms with Crippen LogP contribution in [0.3, 0.4) is 0 Å². The molecule has 152 valence electrons. The molecule has 0 fully saturated rings. The number of carbonyl (C=O) groups is 2.